The molecule has 0 spiro atoms. The van der Waals surface area contributed by atoms with Gasteiger partial charge in [0, 0.05) is 21.1 Å². The Kier molecular flexibility index (Phi) is 4.60. The molecule has 0 fully saturated rings. The zero-order valence-corrected chi connectivity index (χ0v) is 11.8. The number of carbonyl (C=O) groups excluding carboxylic acids is 1. The Labute approximate surface area is 115 Å². The highest BCUT2D eigenvalue weighted by molar-refractivity contribution is 6.28. The van der Waals surface area contributed by atoms with Crippen molar-refractivity contribution in [3.63, 3.8) is 0 Å². The van der Waals surface area contributed by atoms with Crippen molar-refractivity contribution in [2.45, 2.75) is 6.92 Å². The summed E-state index contributed by atoms with van der Waals surface area (Å²) in [5.41, 5.74) is -0.0948. The van der Waals surface area contributed by atoms with Gasteiger partial charge in [0.2, 0.25) is 17.0 Å². The molecule has 0 aliphatic carbocycles. The summed E-state index contributed by atoms with van der Waals surface area (Å²) in [5.74, 6) is -0.179. The van der Waals surface area contributed by atoms with Crippen LogP contribution in [0.5, 0.6) is 0 Å². The third-order valence-corrected chi connectivity index (χ3v) is 2.60. The van der Waals surface area contributed by atoms with Gasteiger partial charge in [-0.25, -0.2) is 4.98 Å². The van der Waals surface area contributed by atoms with Crippen molar-refractivity contribution in [2.75, 3.05) is 32.6 Å². The number of amides is 1. The molecule has 8 nitrogen and oxygen atoms in total. The minimum Gasteiger partial charge on any atom is -0.347 e. The van der Waals surface area contributed by atoms with Crippen LogP contribution in [0.2, 0.25) is 5.28 Å². The summed E-state index contributed by atoms with van der Waals surface area (Å²) in [5, 5.41) is 10.9. The summed E-state index contributed by atoms with van der Waals surface area (Å²) in [6.45, 7) is 1.43. The first-order chi connectivity index (χ1) is 8.73. The van der Waals surface area contributed by atoms with Gasteiger partial charge in [-0.15, -0.1) is 0 Å². The van der Waals surface area contributed by atoms with Gasteiger partial charge in [-0.05, 0) is 18.5 Å². The average molecular weight is 288 g/mol. The van der Waals surface area contributed by atoms with E-state index in [0.717, 1.165) is 0 Å². The lowest BCUT2D eigenvalue weighted by Crippen LogP contribution is -2.35. The van der Waals surface area contributed by atoms with Crippen LogP contribution in [0.1, 0.15) is 5.69 Å². The molecule has 1 rings (SSSR count). The zero-order chi connectivity index (χ0) is 14.7. The minimum absolute atomic E-state index is 0.0256. The number of hydrogen-bond donors (Lipinski definition) is 0. The van der Waals surface area contributed by atoms with Crippen LogP contribution in [0.25, 0.3) is 0 Å². The molecule has 0 saturated carbocycles. The quantitative estimate of drug-likeness (QED) is 0.463. The molecular formula is C10H14ClN5O3. The number of aryl methyl sites for hydroxylation is 1. The third kappa shape index (κ3) is 3.50. The Hall–Kier alpha value is -1.96. The fraction of sp³-hybridized carbons (Fsp3) is 0.500. The highest BCUT2D eigenvalue weighted by Gasteiger charge is 2.25. The molecule has 19 heavy (non-hydrogen) atoms. The summed E-state index contributed by atoms with van der Waals surface area (Å²) in [7, 11) is 4.73. The SMILES string of the molecule is Cc1nc(Cl)nc(N(C)CC(=O)N(C)C)c1[N+](=O)[O-]. The second-order valence-corrected chi connectivity index (χ2v) is 4.49. The number of rotatable bonds is 4. The van der Waals surface area contributed by atoms with Crippen molar-refractivity contribution in [1.29, 1.82) is 0 Å². The number of hydrogen-bond acceptors (Lipinski definition) is 6. The monoisotopic (exact) mass is 287 g/mol. The van der Waals surface area contributed by atoms with Crippen LogP contribution in [0.15, 0.2) is 0 Å². The van der Waals surface area contributed by atoms with E-state index in [4.69, 9.17) is 11.6 Å². The van der Waals surface area contributed by atoms with Gasteiger partial charge in [-0.1, -0.05) is 0 Å². The number of anilines is 1. The molecule has 0 atom stereocenters. The maximum absolute atomic E-state index is 11.6. The van der Waals surface area contributed by atoms with Crippen molar-refractivity contribution in [1.82, 2.24) is 14.9 Å². The molecule has 9 heteroatoms. The van der Waals surface area contributed by atoms with E-state index in [9.17, 15) is 14.9 Å². The maximum atomic E-state index is 11.6. The van der Waals surface area contributed by atoms with E-state index in [1.54, 1.807) is 14.1 Å². The third-order valence-electron chi connectivity index (χ3n) is 2.43. The lowest BCUT2D eigenvalue weighted by atomic mass is 10.3. The molecule has 0 saturated heterocycles. The Morgan fingerprint density at radius 2 is 1.95 bits per heavy atom. The van der Waals surface area contributed by atoms with Gasteiger partial charge >= 0.3 is 5.69 Å². The van der Waals surface area contributed by atoms with Crippen molar-refractivity contribution in [2.24, 2.45) is 0 Å². The van der Waals surface area contributed by atoms with Crippen LogP contribution in [-0.4, -0.2) is 53.4 Å². The summed E-state index contributed by atoms with van der Waals surface area (Å²) < 4.78 is 0. The van der Waals surface area contributed by atoms with Crippen molar-refractivity contribution >= 4 is 29.0 Å². The second kappa shape index (κ2) is 5.79. The van der Waals surface area contributed by atoms with Crippen LogP contribution in [-0.2, 0) is 4.79 Å². The van der Waals surface area contributed by atoms with Crippen molar-refractivity contribution in [3.8, 4) is 0 Å². The van der Waals surface area contributed by atoms with Gasteiger partial charge in [0.15, 0.2) is 0 Å². The number of nitro groups is 1. The summed E-state index contributed by atoms with van der Waals surface area (Å²) in [6, 6.07) is 0. The number of likely N-dealkylation sites (N-methyl/N-ethyl adjacent to an activating group) is 2. The first-order valence-corrected chi connectivity index (χ1v) is 5.71. The van der Waals surface area contributed by atoms with Crippen LogP contribution in [0.4, 0.5) is 11.5 Å². The Morgan fingerprint density at radius 1 is 1.37 bits per heavy atom. The smallest absolute Gasteiger partial charge is 0.332 e. The number of carbonyl (C=O) groups is 1. The molecule has 0 N–H and O–H groups in total. The predicted molar refractivity (Wildman–Crippen MR) is 70.4 cm³/mol. The largest absolute Gasteiger partial charge is 0.347 e. The highest BCUT2D eigenvalue weighted by atomic mass is 35.5. The van der Waals surface area contributed by atoms with E-state index in [1.165, 1.54) is 23.8 Å². The predicted octanol–water partition coefficient (Wildman–Crippen LogP) is 0.871. The number of halogens is 1. The Balaban J connectivity index is 3.18. The summed E-state index contributed by atoms with van der Waals surface area (Å²) in [4.78, 5) is 32.4. The molecule has 1 aromatic heterocycles. The molecule has 0 unspecified atom stereocenters. The van der Waals surface area contributed by atoms with E-state index >= 15 is 0 Å². The van der Waals surface area contributed by atoms with E-state index in [2.05, 4.69) is 9.97 Å². The van der Waals surface area contributed by atoms with Gasteiger partial charge < -0.3 is 9.80 Å². The molecular weight excluding hydrogens is 274 g/mol. The molecule has 0 aliphatic rings. The van der Waals surface area contributed by atoms with Crippen LogP contribution < -0.4 is 4.90 Å². The average Bonchev–Trinajstić information content (AvgIpc) is 2.26. The fourth-order valence-electron chi connectivity index (χ4n) is 1.42. The van der Waals surface area contributed by atoms with E-state index in [1.807, 2.05) is 0 Å². The van der Waals surface area contributed by atoms with Gasteiger partial charge in [-0.3, -0.25) is 14.9 Å². The summed E-state index contributed by atoms with van der Waals surface area (Å²) >= 11 is 5.70. The lowest BCUT2D eigenvalue weighted by molar-refractivity contribution is -0.385. The fourth-order valence-corrected chi connectivity index (χ4v) is 1.62. The standard InChI is InChI=1S/C10H14ClN5O3/c1-6-8(16(18)19)9(13-10(11)12-6)15(4)5-7(17)14(2)3/h5H2,1-4H3. The molecule has 0 aromatic carbocycles. The van der Waals surface area contributed by atoms with Gasteiger partial charge in [0.1, 0.15) is 5.69 Å². The number of nitrogens with zero attached hydrogens (tertiary/aromatic N) is 5. The molecule has 0 aliphatic heterocycles. The van der Waals surface area contributed by atoms with Gasteiger partial charge in [-0.2, -0.15) is 4.98 Å². The second-order valence-electron chi connectivity index (χ2n) is 4.15. The van der Waals surface area contributed by atoms with Crippen molar-refractivity contribution in [3.05, 3.63) is 21.1 Å². The Bertz CT molecular complexity index is 520. The van der Waals surface area contributed by atoms with E-state index in [0.29, 0.717) is 0 Å². The van der Waals surface area contributed by atoms with Crippen molar-refractivity contribution < 1.29 is 9.72 Å². The van der Waals surface area contributed by atoms with Crippen LogP contribution in [0.3, 0.4) is 0 Å². The molecule has 1 heterocycles. The summed E-state index contributed by atoms with van der Waals surface area (Å²) in [6.07, 6.45) is 0. The molecule has 0 bridgehead atoms. The van der Waals surface area contributed by atoms with Gasteiger partial charge in [0.05, 0.1) is 11.5 Å². The van der Waals surface area contributed by atoms with E-state index in [-0.39, 0.29) is 34.9 Å². The van der Waals surface area contributed by atoms with E-state index < -0.39 is 4.92 Å². The zero-order valence-electron chi connectivity index (χ0n) is 11.0. The maximum Gasteiger partial charge on any atom is 0.332 e. The topological polar surface area (TPSA) is 92.5 Å². The Morgan fingerprint density at radius 3 is 2.42 bits per heavy atom. The molecule has 1 aromatic rings. The van der Waals surface area contributed by atoms with Crippen LogP contribution in [0, 0.1) is 17.0 Å². The highest BCUT2D eigenvalue weighted by Crippen LogP contribution is 2.28. The molecule has 0 radical (unpaired) electrons. The first kappa shape index (κ1) is 15.1. The first-order valence-electron chi connectivity index (χ1n) is 5.33. The van der Waals surface area contributed by atoms with Crippen LogP contribution >= 0.6 is 11.6 Å². The molecule has 1 amide bonds. The normalized spacial score (nSPS) is 10.2. The lowest BCUT2D eigenvalue weighted by Gasteiger charge is -2.20. The number of aromatic nitrogens is 2. The van der Waals surface area contributed by atoms with Gasteiger partial charge in [0.25, 0.3) is 0 Å². The molecule has 104 valence electrons. The minimum atomic E-state index is -0.586.